The van der Waals surface area contributed by atoms with Gasteiger partial charge in [0.2, 0.25) is 15.9 Å². The van der Waals surface area contributed by atoms with Gasteiger partial charge in [-0.2, -0.15) is 0 Å². The SMILES string of the molecule is CCc1ccc(N([C@H](C)C(=O)Nc2cccc(C(C)=O)c2)S(C)(=O)=O)cc1. The van der Waals surface area contributed by atoms with Gasteiger partial charge < -0.3 is 5.32 Å². The molecule has 6 nitrogen and oxygen atoms in total. The zero-order chi connectivity index (χ0) is 20.2. The van der Waals surface area contributed by atoms with Gasteiger partial charge in [0.25, 0.3) is 0 Å². The summed E-state index contributed by atoms with van der Waals surface area (Å²) in [5.74, 6) is -0.603. The highest BCUT2D eigenvalue weighted by molar-refractivity contribution is 7.92. The minimum Gasteiger partial charge on any atom is -0.324 e. The van der Waals surface area contributed by atoms with Crippen LogP contribution in [0.3, 0.4) is 0 Å². The fraction of sp³-hybridized carbons (Fsp3) is 0.300. The molecule has 1 atom stereocenters. The summed E-state index contributed by atoms with van der Waals surface area (Å²) in [5, 5.41) is 2.68. The molecule has 2 rings (SSSR count). The van der Waals surface area contributed by atoms with Crippen LogP contribution in [0.25, 0.3) is 0 Å². The molecule has 0 fully saturated rings. The van der Waals surface area contributed by atoms with E-state index in [1.807, 2.05) is 19.1 Å². The van der Waals surface area contributed by atoms with Crippen LogP contribution in [0, 0.1) is 0 Å². The zero-order valence-corrected chi connectivity index (χ0v) is 16.7. The second-order valence-corrected chi connectivity index (χ2v) is 8.24. The molecule has 0 aliphatic carbocycles. The lowest BCUT2D eigenvalue weighted by Gasteiger charge is -2.28. The molecule has 0 unspecified atom stereocenters. The molecular weight excluding hydrogens is 364 g/mol. The van der Waals surface area contributed by atoms with E-state index in [0.29, 0.717) is 16.9 Å². The van der Waals surface area contributed by atoms with E-state index in [0.717, 1.165) is 22.5 Å². The van der Waals surface area contributed by atoms with Gasteiger partial charge in [-0.1, -0.05) is 31.2 Å². The first-order chi connectivity index (χ1) is 12.6. The number of anilines is 2. The molecule has 0 aliphatic rings. The van der Waals surface area contributed by atoms with Crippen LogP contribution in [0.15, 0.2) is 48.5 Å². The summed E-state index contributed by atoms with van der Waals surface area (Å²) in [4.78, 5) is 24.2. The van der Waals surface area contributed by atoms with Gasteiger partial charge in [0.1, 0.15) is 6.04 Å². The number of nitrogens with zero attached hydrogens (tertiary/aromatic N) is 1. The average molecular weight is 388 g/mol. The number of carbonyl (C=O) groups excluding carboxylic acids is 2. The van der Waals surface area contributed by atoms with Crippen LogP contribution in [0.2, 0.25) is 0 Å². The van der Waals surface area contributed by atoms with Gasteiger partial charge in [0.15, 0.2) is 5.78 Å². The maximum atomic E-state index is 12.7. The molecule has 0 heterocycles. The third kappa shape index (κ3) is 5.17. The van der Waals surface area contributed by atoms with E-state index in [1.54, 1.807) is 36.4 Å². The van der Waals surface area contributed by atoms with Crippen molar-refractivity contribution in [3.63, 3.8) is 0 Å². The highest BCUT2D eigenvalue weighted by Crippen LogP contribution is 2.22. The number of Topliss-reactive ketones (excluding diaryl/α,β-unsaturated/α-hetero) is 1. The summed E-state index contributed by atoms with van der Waals surface area (Å²) in [6.07, 6.45) is 1.91. The second kappa shape index (κ2) is 8.35. The van der Waals surface area contributed by atoms with Crippen LogP contribution < -0.4 is 9.62 Å². The number of rotatable bonds is 7. The maximum absolute atomic E-state index is 12.7. The van der Waals surface area contributed by atoms with Gasteiger partial charge in [-0.3, -0.25) is 13.9 Å². The lowest BCUT2D eigenvalue weighted by atomic mass is 10.1. The van der Waals surface area contributed by atoms with Crippen molar-refractivity contribution in [2.75, 3.05) is 15.9 Å². The molecule has 0 spiro atoms. The summed E-state index contributed by atoms with van der Waals surface area (Å²) < 4.78 is 25.8. The van der Waals surface area contributed by atoms with E-state index in [1.165, 1.54) is 13.8 Å². The highest BCUT2D eigenvalue weighted by atomic mass is 32.2. The zero-order valence-electron chi connectivity index (χ0n) is 15.9. The van der Waals surface area contributed by atoms with Crippen molar-refractivity contribution in [3.05, 3.63) is 59.7 Å². The van der Waals surface area contributed by atoms with E-state index in [9.17, 15) is 18.0 Å². The van der Waals surface area contributed by atoms with Crippen molar-refractivity contribution in [1.29, 1.82) is 0 Å². The predicted octanol–water partition coefficient (Wildman–Crippen LogP) is 3.24. The second-order valence-electron chi connectivity index (χ2n) is 6.38. The molecule has 1 amide bonds. The molecule has 0 aromatic heterocycles. The molecule has 144 valence electrons. The maximum Gasteiger partial charge on any atom is 0.247 e. The number of ketones is 1. The molecule has 0 bridgehead atoms. The molecule has 2 aromatic rings. The average Bonchev–Trinajstić information content (AvgIpc) is 2.61. The van der Waals surface area contributed by atoms with Crippen LogP contribution in [0.5, 0.6) is 0 Å². The van der Waals surface area contributed by atoms with Gasteiger partial charge in [0, 0.05) is 11.3 Å². The Morgan fingerprint density at radius 2 is 1.74 bits per heavy atom. The van der Waals surface area contributed by atoms with Crippen molar-refractivity contribution in [3.8, 4) is 0 Å². The van der Waals surface area contributed by atoms with Gasteiger partial charge in [-0.25, -0.2) is 8.42 Å². The molecule has 2 aromatic carbocycles. The van der Waals surface area contributed by atoms with Crippen LogP contribution in [0.4, 0.5) is 11.4 Å². The molecule has 1 N–H and O–H groups in total. The fourth-order valence-electron chi connectivity index (χ4n) is 2.75. The largest absolute Gasteiger partial charge is 0.324 e. The number of aryl methyl sites for hydroxylation is 1. The van der Waals surface area contributed by atoms with Gasteiger partial charge >= 0.3 is 0 Å². The first kappa shape index (κ1) is 20.6. The van der Waals surface area contributed by atoms with Crippen LogP contribution in [0.1, 0.15) is 36.7 Å². The number of hydrogen-bond acceptors (Lipinski definition) is 4. The van der Waals surface area contributed by atoms with Crippen LogP contribution in [-0.2, 0) is 21.2 Å². The standard InChI is InChI=1S/C20H24N2O4S/c1-5-16-9-11-19(12-10-16)22(27(4,25)26)14(2)20(24)21-18-8-6-7-17(13-18)15(3)23/h6-14H,5H2,1-4H3,(H,21,24)/t14-/m1/s1. The molecule has 0 aliphatic heterocycles. The molecule has 0 saturated carbocycles. The smallest absolute Gasteiger partial charge is 0.247 e. The van der Waals surface area contributed by atoms with Crippen molar-refractivity contribution in [2.45, 2.75) is 33.2 Å². The first-order valence-corrected chi connectivity index (χ1v) is 10.5. The Kier molecular flexibility index (Phi) is 6.38. The Balaban J connectivity index is 2.29. The predicted molar refractivity (Wildman–Crippen MR) is 108 cm³/mol. The third-order valence-corrected chi connectivity index (χ3v) is 5.47. The minimum atomic E-state index is -3.68. The van der Waals surface area contributed by atoms with Crippen LogP contribution >= 0.6 is 0 Å². The summed E-state index contributed by atoms with van der Waals surface area (Å²) in [6.45, 7) is 4.97. The Hall–Kier alpha value is -2.67. The van der Waals surface area contributed by atoms with Crippen molar-refractivity contribution in [2.24, 2.45) is 0 Å². The number of sulfonamides is 1. The number of hydrogen-bond donors (Lipinski definition) is 1. The number of benzene rings is 2. The quantitative estimate of drug-likeness (QED) is 0.738. The Labute approximate surface area is 160 Å². The molecule has 0 saturated heterocycles. The summed E-state index contributed by atoms with van der Waals surface area (Å²) in [7, 11) is -3.68. The topological polar surface area (TPSA) is 83.6 Å². The van der Waals surface area contributed by atoms with Crippen molar-refractivity contribution in [1.82, 2.24) is 0 Å². The number of amides is 1. The Bertz CT molecular complexity index is 937. The Morgan fingerprint density at radius 3 is 2.26 bits per heavy atom. The highest BCUT2D eigenvalue weighted by Gasteiger charge is 2.29. The van der Waals surface area contributed by atoms with E-state index >= 15 is 0 Å². The van der Waals surface area contributed by atoms with E-state index in [4.69, 9.17) is 0 Å². The van der Waals surface area contributed by atoms with E-state index < -0.39 is 22.0 Å². The third-order valence-electron chi connectivity index (χ3n) is 4.22. The van der Waals surface area contributed by atoms with Gasteiger partial charge in [-0.15, -0.1) is 0 Å². The minimum absolute atomic E-state index is 0.118. The summed E-state index contributed by atoms with van der Waals surface area (Å²) in [5.41, 5.74) is 2.41. The van der Waals surface area contributed by atoms with E-state index in [2.05, 4.69) is 5.32 Å². The fourth-order valence-corrected chi connectivity index (χ4v) is 3.92. The lowest BCUT2D eigenvalue weighted by molar-refractivity contribution is -0.116. The summed E-state index contributed by atoms with van der Waals surface area (Å²) >= 11 is 0. The van der Waals surface area contributed by atoms with Gasteiger partial charge in [0.05, 0.1) is 11.9 Å². The molecule has 27 heavy (non-hydrogen) atoms. The van der Waals surface area contributed by atoms with Crippen molar-refractivity contribution < 1.29 is 18.0 Å². The normalized spacial score (nSPS) is 12.3. The molecular formula is C20H24N2O4S. The van der Waals surface area contributed by atoms with Crippen LogP contribution in [-0.4, -0.2) is 32.4 Å². The van der Waals surface area contributed by atoms with E-state index in [-0.39, 0.29) is 5.78 Å². The monoisotopic (exact) mass is 388 g/mol. The molecule has 0 radical (unpaired) electrons. The number of carbonyl (C=O) groups is 2. The molecule has 7 heteroatoms. The van der Waals surface area contributed by atoms with Crippen molar-refractivity contribution >= 4 is 33.1 Å². The first-order valence-electron chi connectivity index (χ1n) is 8.63. The lowest BCUT2D eigenvalue weighted by Crippen LogP contribution is -2.45. The Morgan fingerprint density at radius 1 is 1.11 bits per heavy atom. The summed E-state index contributed by atoms with van der Waals surface area (Å²) in [6, 6.07) is 12.6. The van der Waals surface area contributed by atoms with Gasteiger partial charge in [-0.05, 0) is 50.1 Å². The number of nitrogens with one attached hydrogen (secondary N) is 1.